The van der Waals surface area contributed by atoms with Crippen molar-refractivity contribution in [3.63, 3.8) is 0 Å². The van der Waals surface area contributed by atoms with E-state index in [4.69, 9.17) is 21.1 Å². The molecule has 0 radical (unpaired) electrons. The van der Waals surface area contributed by atoms with Gasteiger partial charge in [-0.25, -0.2) is 0 Å². The lowest BCUT2D eigenvalue weighted by atomic mass is 10.0. The van der Waals surface area contributed by atoms with Crippen molar-refractivity contribution in [2.45, 2.75) is 6.92 Å². The minimum atomic E-state index is 0.226. The largest absolute Gasteiger partial charge is 0.468 e. The van der Waals surface area contributed by atoms with Crippen molar-refractivity contribution >= 4 is 22.6 Å². The van der Waals surface area contributed by atoms with Crippen molar-refractivity contribution in [3.8, 4) is 16.9 Å². The molecule has 0 bridgehead atoms. The van der Waals surface area contributed by atoms with Gasteiger partial charge in [-0.2, -0.15) is 0 Å². The molecular weight excluding hydrogens is 288 g/mol. The number of benzene rings is 1. The maximum atomic E-state index is 5.97. The molecule has 0 aliphatic heterocycles. The molecule has 0 atom stereocenters. The lowest BCUT2D eigenvalue weighted by Gasteiger charge is -2.09. The Morgan fingerprint density at radius 3 is 2.90 bits per heavy atom. The molecule has 1 aromatic carbocycles. The van der Waals surface area contributed by atoms with Gasteiger partial charge in [0, 0.05) is 25.1 Å². The first-order valence-electron chi connectivity index (χ1n) is 6.54. The van der Waals surface area contributed by atoms with Crippen molar-refractivity contribution in [2.75, 3.05) is 13.9 Å². The summed E-state index contributed by atoms with van der Waals surface area (Å²) in [6.07, 6.45) is 3.60. The Kier molecular flexibility index (Phi) is 3.82. The molecule has 4 nitrogen and oxygen atoms in total. The molecule has 0 aliphatic rings. The van der Waals surface area contributed by atoms with Crippen LogP contribution in [0.4, 0.5) is 0 Å². The molecule has 0 fully saturated rings. The van der Waals surface area contributed by atoms with E-state index in [0.29, 0.717) is 5.02 Å². The highest BCUT2D eigenvalue weighted by Gasteiger charge is 2.11. The van der Waals surface area contributed by atoms with E-state index in [2.05, 4.69) is 16.9 Å². The van der Waals surface area contributed by atoms with Crippen LogP contribution >= 0.6 is 11.6 Å². The minimum absolute atomic E-state index is 0.226. The molecule has 3 rings (SSSR count). The highest BCUT2D eigenvalue weighted by atomic mass is 35.5. The van der Waals surface area contributed by atoms with Crippen LogP contribution in [0.5, 0.6) is 5.75 Å². The summed E-state index contributed by atoms with van der Waals surface area (Å²) in [6.45, 7) is 2.29. The fourth-order valence-electron chi connectivity index (χ4n) is 2.30. The Balaban J connectivity index is 2.09. The standard InChI is InChI=1S/C16H15ClN2O2/c1-10-3-4-12(21-9-20-2)6-13(10)14-8-18-15-5-11(17)7-19-16(14)15/h3-8,18H,9H2,1-2H3. The normalized spacial score (nSPS) is 11.0. The van der Waals surface area contributed by atoms with Crippen LogP contribution in [0.15, 0.2) is 36.7 Å². The smallest absolute Gasteiger partial charge is 0.188 e. The fraction of sp³-hybridized carbons (Fsp3) is 0.188. The second kappa shape index (κ2) is 5.76. The summed E-state index contributed by atoms with van der Waals surface area (Å²) < 4.78 is 10.4. The maximum absolute atomic E-state index is 5.97. The van der Waals surface area contributed by atoms with Gasteiger partial charge >= 0.3 is 0 Å². The number of H-pyrrole nitrogens is 1. The summed E-state index contributed by atoms with van der Waals surface area (Å²) in [6, 6.07) is 7.81. The van der Waals surface area contributed by atoms with E-state index in [-0.39, 0.29) is 6.79 Å². The van der Waals surface area contributed by atoms with Crippen LogP contribution in [0, 0.1) is 6.92 Å². The van der Waals surface area contributed by atoms with E-state index in [0.717, 1.165) is 33.5 Å². The van der Waals surface area contributed by atoms with Crippen molar-refractivity contribution < 1.29 is 9.47 Å². The molecular formula is C16H15ClN2O2. The number of hydrogen-bond acceptors (Lipinski definition) is 3. The number of nitrogens with zero attached hydrogens (tertiary/aromatic N) is 1. The van der Waals surface area contributed by atoms with Gasteiger partial charge in [-0.1, -0.05) is 17.7 Å². The van der Waals surface area contributed by atoms with E-state index >= 15 is 0 Å². The number of aromatic nitrogens is 2. The van der Waals surface area contributed by atoms with E-state index in [9.17, 15) is 0 Å². The number of halogens is 1. The number of rotatable bonds is 4. The molecule has 0 aliphatic carbocycles. The van der Waals surface area contributed by atoms with Crippen LogP contribution < -0.4 is 4.74 Å². The Labute approximate surface area is 127 Å². The van der Waals surface area contributed by atoms with Crippen LogP contribution in [0.25, 0.3) is 22.2 Å². The zero-order chi connectivity index (χ0) is 14.8. The third-order valence-electron chi connectivity index (χ3n) is 3.32. The zero-order valence-corrected chi connectivity index (χ0v) is 12.6. The molecule has 0 saturated heterocycles. The summed E-state index contributed by atoms with van der Waals surface area (Å²) in [5, 5.41) is 0.616. The number of hydrogen-bond donors (Lipinski definition) is 1. The van der Waals surface area contributed by atoms with Gasteiger partial charge in [-0.15, -0.1) is 0 Å². The van der Waals surface area contributed by atoms with Crippen molar-refractivity contribution in [3.05, 3.63) is 47.2 Å². The monoisotopic (exact) mass is 302 g/mol. The van der Waals surface area contributed by atoms with Gasteiger partial charge in [0.2, 0.25) is 0 Å². The number of ether oxygens (including phenoxy) is 2. The topological polar surface area (TPSA) is 47.1 Å². The van der Waals surface area contributed by atoms with Crippen LogP contribution in [-0.4, -0.2) is 23.9 Å². The molecule has 0 amide bonds. The highest BCUT2D eigenvalue weighted by Crippen LogP contribution is 2.32. The van der Waals surface area contributed by atoms with Crippen molar-refractivity contribution in [1.82, 2.24) is 9.97 Å². The van der Waals surface area contributed by atoms with Gasteiger partial charge in [-0.05, 0) is 36.2 Å². The van der Waals surface area contributed by atoms with E-state index in [1.165, 1.54) is 0 Å². The molecule has 0 spiro atoms. The number of pyridine rings is 1. The number of aryl methyl sites for hydroxylation is 1. The van der Waals surface area contributed by atoms with Gasteiger partial charge in [0.05, 0.1) is 16.1 Å². The Bertz CT molecular complexity index is 783. The molecule has 2 aromatic heterocycles. The minimum Gasteiger partial charge on any atom is -0.468 e. The van der Waals surface area contributed by atoms with Crippen molar-refractivity contribution in [2.24, 2.45) is 0 Å². The number of methoxy groups -OCH3 is 1. The number of fused-ring (bicyclic) bond motifs is 1. The van der Waals surface area contributed by atoms with Gasteiger partial charge in [0.25, 0.3) is 0 Å². The summed E-state index contributed by atoms with van der Waals surface area (Å²) in [7, 11) is 1.60. The molecule has 2 heterocycles. The number of aromatic amines is 1. The number of nitrogens with one attached hydrogen (secondary N) is 1. The molecule has 5 heteroatoms. The molecule has 0 saturated carbocycles. The summed E-state index contributed by atoms with van der Waals surface area (Å²) in [4.78, 5) is 7.63. The lowest BCUT2D eigenvalue weighted by molar-refractivity contribution is 0.0511. The molecule has 108 valence electrons. The van der Waals surface area contributed by atoms with E-state index in [1.807, 2.05) is 30.5 Å². The second-order valence-electron chi connectivity index (χ2n) is 4.78. The van der Waals surface area contributed by atoms with E-state index < -0.39 is 0 Å². The first-order valence-corrected chi connectivity index (χ1v) is 6.92. The van der Waals surface area contributed by atoms with Gasteiger partial charge in [0.1, 0.15) is 5.75 Å². The summed E-state index contributed by atoms with van der Waals surface area (Å²) >= 11 is 5.97. The Hall–Kier alpha value is -2.04. The van der Waals surface area contributed by atoms with Crippen LogP contribution in [0.3, 0.4) is 0 Å². The predicted octanol–water partition coefficient (Wildman–Crippen LogP) is 4.17. The zero-order valence-electron chi connectivity index (χ0n) is 11.8. The fourth-order valence-corrected chi connectivity index (χ4v) is 2.45. The van der Waals surface area contributed by atoms with Gasteiger partial charge < -0.3 is 14.5 Å². The van der Waals surface area contributed by atoms with Gasteiger partial charge in [-0.3, -0.25) is 4.98 Å². The quantitative estimate of drug-likeness (QED) is 0.736. The van der Waals surface area contributed by atoms with Crippen LogP contribution in [0.2, 0.25) is 5.02 Å². The lowest BCUT2D eigenvalue weighted by Crippen LogP contribution is -1.99. The summed E-state index contributed by atoms with van der Waals surface area (Å²) in [5.74, 6) is 0.765. The maximum Gasteiger partial charge on any atom is 0.188 e. The first-order chi connectivity index (χ1) is 10.2. The molecule has 1 N–H and O–H groups in total. The van der Waals surface area contributed by atoms with Crippen molar-refractivity contribution in [1.29, 1.82) is 0 Å². The average molecular weight is 303 g/mol. The van der Waals surface area contributed by atoms with Crippen LogP contribution in [0.1, 0.15) is 5.56 Å². The van der Waals surface area contributed by atoms with Crippen LogP contribution in [-0.2, 0) is 4.74 Å². The average Bonchev–Trinajstić information content (AvgIpc) is 2.89. The third kappa shape index (κ3) is 2.73. The van der Waals surface area contributed by atoms with Gasteiger partial charge in [0.15, 0.2) is 6.79 Å². The van der Waals surface area contributed by atoms with E-state index in [1.54, 1.807) is 13.3 Å². The first kappa shape index (κ1) is 13.9. The Morgan fingerprint density at radius 1 is 1.24 bits per heavy atom. The third-order valence-corrected chi connectivity index (χ3v) is 3.53. The summed E-state index contributed by atoms with van der Waals surface area (Å²) in [5.41, 5.74) is 5.07. The SMILES string of the molecule is COCOc1ccc(C)c(-c2c[nH]c3cc(Cl)cnc23)c1. The molecule has 0 unspecified atom stereocenters. The molecule has 3 aromatic rings. The predicted molar refractivity (Wildman–Crippen MR) is 83.8 cm³/mol. The highest BCUT2D eigenvalue weighted by molar-refractivity contribution is 6.31. The Morgan fingerprint density at radius 2 is 2.10 bits per heavy atom. The second-order valence-corrected chi connectivity index (χ2v) is 5.22. The molecule has 21 heavy (non-hydrogen) atoms.